The van der Waals surface area contributed by atoms with E-state index in [2.05, 4.69) is 85.7 Å². The lowest BCUT2D eigenvalue weighted by molar-refractivity contribution is 0.450. The minimum atomic E-state index is 0.954. The molecule has 0 unspecified atom stereocenters. The molecule has 0 heterocycles. The largest absolute Gasteiger partial charge is 0.308 e. The fourth-order valence-corrected chi connectivity index (χ4v) is 3.94. The lowest BCUT2D eigenvalue weighted by Crippen LogP contribution is -2.14. The summed E-state index contributed by atoms with van der Waals surface area (Å²) in [5.41, 5.74) is 7.35. The second kappa shape index (κ2) is 7.34. The van der Waals surface area contributed by atoms with E-state index < -0.39 is 0 Å². The number of likely N-dealkylation sites (N-methyl/N-ethyl adjacent to an activating group) is 1. The highest BCUT2D eigenvalue weighted by molar-refractivity contribution is 6.05. The van der Waals surface area contributed by atoms with Crippen LogP contribution in [-0.4, -0.2) is 31.8 Å². The normalized spacial score (nSPS) is 13.7. The van der Waals surface area contributed by atoms with Crippen LogP contribution in [0, 0.1) is 5.41 Å². The maximum absolute atomic E-state index is 7.89. The summed E-state index contributed by atoms with van der Waals surface area (Å²) in [6.07, 6.45) is 6.95. The summed E-state index contributed by atoms with van der Waals surface area (Å²) in [6.45, 7) is 0.954. The van der Waals surface area contributed by atoms with Crippen molar-refractivity contribution in [3.05, 3.63) is 89.5 Å². The van der Waals surface area contributed by atoms with Gasteiger partial charge in [-0.2, -0.15) is 0 Å². The Hall–Kier alpha value is -2.97. The summed E-state index contributed by atoms with van der Waals surface area (Å²) >= 11 is 0. The van der Waals surface area contributed by atoms with Crippen LogP contribution in [0.15, 0.2) is 78.4 Å². The molecular weight excluding hydrogens is 328 g/mol. The van der Waals surface area contributed by atoms with Crippen LogP contribution in [-0.2, 0) is 0 Å². The van der Waals surface area contributed by atoms with Crippen LogP contribution in [0.2, 0.25) is 0 Å². The van der Waals surface area contributed by atoms with E-state index in [1.165, 1.54) is 39.3 Å². The summed E-state index contributed by atoms with van der Waals surface area (Å²) in [6, 6.07) is 21.4. The highest BCUT2D eigenvalue weighted by Gasteiger charge is 2.14. The number of nitrogens with one attached hydrogen (secondary N) is 1. The van der Waals surface area contributed by atoms with Gasteiger partial charge in [0.15, 0.2) is 0 Å². The molecule has 0 atom stereocenters. The van der Waals surface area contributed by atoms with Crippen molar-refractivity contribution in [2.75, 3.05) is 20.6 Å². The maximum Gasteiger partial charge on any atom is 0.0256 e. The van der Waals surface area contributed by atoms with E-state index in [0.717, 1.165) is 24.1 Å². The lowest BCUT2D eigenvalue weighted by atomic mass is 9.91. The van der Waals surface area contributed by atoms with Gasteiger partial charge in [-0.3, -0.25) is 0 Å². The van der Waals surface area contributed by atoms with E-state index in [0.29, 0.717) is 0 Å². The topological polar surface area (TPSA) is 27.1 Å². The van der Waals surface area contributed by atoms with Crippen molar-refractivity contribution in [3.63, 3.8) is 0 Å². The van der Waals surface area contributed by atoms with Crippen LogP contribution < -0.4 is 0 Å². The molecule has 0 bridgehead atoms. The Bertz CT molecular complexity index is 1070. The van der Waals surface area contributed by atoms with Gasteiger partial charge < -0.3 is 10.3 Å². The van der Waals surface area contributed by atoms with Gasteiger partial charge in [0.05, 0.1) is 0 Å². The third kappa shape index (κ3) is 3.36. The molecule has 134 valence electrons. The average Bonchev–Trinajstić information content (AvgIpc) is 3.14. The van der Waals surface area contributed by atoms with Gasteiger partial charge in [-0.05, 0) is 65.2 Å². The first kappa shape index (κ1) is 17.4. The van der Waals surface area contributed by atoms with Gasteiger partial charge in [0.25, 0.3) is 0 Å². The van der Waals surface area contributed by atoms with Crippen LogP contribution in [0.1, 0.15) is 17.5 Å². The molecule has 0 aliphatic heterocycles. The Kier molecular flexibility index (Phi) is 4.74. The number of rotatable bonds is 5. The van der Waals surface area contributed by atoms with Gasteiger partial charge in [0, 0.05) is 18.3 Å². The fourth-order valence-electron chi connectivity index (χ4n) is 3.94. The Labute approximate surface area is 161 Å². The Balaban J connectivity index is 1.87. The van der Waals surface area contributed by atoms with Gasteiger partial charge in [-0.25, -0.2) is 0 Å². The van der Waals surface area contributed by atoms with E-state index in [4.69, 9.17) is 5.41 Å². The number of hydrogen-bond acceptors (Lipinski definition) is 2. The van der Waals surface area contributed by atoms with E-state index in [-0.39, 0.29) is 0 Å². The predicted molar refractivity (Wildman–Crippen MR) is 117 cm³/mol. The number of nitrogens with zero attached hydrogens (tertiary/aromatic N) is 1. The molecule has 27 heavy (non-hydrogen) atoms. The molecule has 2 heteroatoms. The van der Waals surface area contributed by atoms with Gasteiger partial charge >= 0.3 is 0 Å². The third-order valence-electron chi connectivity index (χ3n) is 5.13. The molecule has 0 aromatic heterocycles. The van der Waals surface area contributed by atoms with Gasteiger partial charge in [-0.1, -0.05) is 66.7 Å². The third-order valence-corrected chi connectivity index (χ3v) is 5.13. The Morgan fingerprint density at radius 2 is 1.78 bits per heavy atom. The second-order valence-electron chi connectivity index (χ2n) is 7.32. The zero-order valence-corrected chi connectivity index (χ0v) is 15.9. The summed E-state index contributed by atoms with van der Waals surface area (Å²) in [5, 5.41) is 10.3. The second-order valence-corrected chi connectivity index (χ2v) is 7.32. The molecule has 0 saturated carbocycles. The molecule has 0 radical (unpaired) electrons. The quantitative estimate of drug-likeness (QED) is 0.579. The summed E-state index contributed by atoms with van der Waals surface area (Å²) in [5.74, 6) is 0. The summed E-state index contributed by atoms with van der Waals surface area (Å²) in [7, 11) is 4.22. The molecule has 1 aliphatic rings. The molecule has 2 nitrogen and oxygen atoms in total. The number of fused-ring (bicyclic) bond motifs is 1. The van der Waals surface area contributed by atoms with Crippen molar-refractivity contribution in [1.82, 2.24) is 4.90 Å². The summed E-state index contributed by atoms with van der Waals surface area (Å²) in [4.78, 5) is 2.21. The number of hydrogen-bond donors (Lipinski definition) is 1. The van der Waals surface area contributed by atoms with Crippen LogP contribution in [0.3, 0.4) is 0 Å². The Morgan fingerprint density at radius 3 is 2.59 bits per heavy atom. The van der Waals surface area contributed by atoms with Gasteiger partial charge in [-0.15, -0.1) is 0 Å². The number of allylic oxidation sites excluding steroid dienone is 2. The van der Waals surface area contributed by atoms with E-state index >= 15 is 0 Å². The van der Waals surface area contributed by atoms with E-state index in [1.54, 1.807) is 0 Å². The minimum absolute atomic E-state index is 0.954. The number of benzene rings is 3. The SMILES string of the molecule is CN(C)CC1=C(c2cccc(-c3c(C=N)ccc4ccccc34)c2)CC=C1. The van der Waals surface area contributed by atoms with Crippen molar-refractivity contribution in [2.24, 2.45) is 0 Å². The maximum atomic E-state index is 7.89. The van der Waals surface area contributed by atoms with Crippen molar-refractivity contribution in [1.29, 1.82) is 5.41 Å². The molecule has 0 amide bonds. The zero-order chi connectivity index (χ0) is 18.8. The lowest BCUT2D eigenvalue weighted by Gasteiger charge is -2.15. The zero-order valence-electron chi connectivity index (χ0n) is 15.9. The van der Waals surface area contributed by atoms with Gasteiger partial charge in [0.1, 0.15) is 0 Å². The molecular formula is C25H24N2. The van der Waals surface area contributed by atoms with Crippen molar-refractivity contribution < 1.29 is 0 Å². The van der Waals surface area contributed by atoms with Crippen LogP contribution in [0.5, 0.6) is 0 Å². The first-order valence-corrected chi connectivity index (χ1v) is 9.33. The molecule has 3 aromatic rings. The monoisotopic (exact) mass is 352 g/mol. The molecule has 1 N–H and O–H groups in total. The summed E-state index contributed by atoms with van der Waals surface area (Å²) < 4.78 is 0. The average molecular weight is 352 g/mol. The molecule has 0 spiro atoms. The standard InChI is InChI=1S/C25H24N2/c1-27(2)17-22-10-6-12-23(22)19-8-5-9-20(15-19)25-21(16-26)14-13-18-7-3-4-11-24(18)25/h3-11,13-16,26H,12,17H2,1-2H3. The highest BCUT2D eigenvalue weighted by atomic mass is 15.0. The molecule has 3 aromatic carbocycles. The van der Waals surface area contributed by atoms with E-state index in [1.807, 2.05) is 6.07 Å². The first-order valence-electron chi connectivity index (χ1n) is 9.33. The van der Waals surface area contributed by atoms with Gasteiger partial charge in [0.2, 0.25) is 0 Å². The molecule has 0 fully saturated rings. The first-order chi connectivity index (χ1) is 13.2. The highest BCUT2D eigenvalue weighted by Crippen LogP contribution is 2.35. The van der Waals surface area contributed by atoms with Crippen LogP contribution in [0.25, 0.3) is 27.5 Å². The van der Waals surface area contributed by atoms with Crippen LogP contribution >= 0.6 is 0 Å². The molecule has 1 aliphatic carbocycles. The smallest absolute Gasteiger partial charge is 0.0256 e. The van der Waals surface area contributed by atoms with E-state index in [9.17, 15) is 0 Å². The Morgan fingerprint density at radius 1 is 0.963 bits per heavy atom. The molecule has 0 saturated heterocycles. The predicted octanol–water partition coefficient (Wildman–Crippen LogP) is 5.78. The van der Waals surface area contributed by atoms with Crippen molar-refractivity contribution in [2.45, 2.75) is 6.42 Å². The fraction of sp³-hybridized carbons (Fsp3) is 0.160. The van der Waals surface area contributed by atoms with Crippen LogP contribution in [0.4, 0.5) is 0 Å². The molecule has 4 rings (SSSR count). The minimum Gasteiger partial charge on any atom is -0.308 e. The van der Waals surface area contributed by atoms with Crippen molar-refractivity contribution >= 4 is 22.6 Å². The van der Waals surface area contributed by atoms with Crippen molar-refractivity contribution in [3.8, 4) is 11.1 Å².